The van der Waals surface area contributed by atoms with Crippen LogP contribution in [-0.4, -0.2) is 62.3 Å². The Morgan fingerprint density at radius 3 is 2.42 bits per heavy atom. The quantitative estimate of drug-likeness (QED) is 0.876. The minimum Gasteiger partial charge on any atom is -0.476 e. The Kier molecular flexibility index (Phi) is 4.62. The van der Waals surface area contributed by atoms with E-state index < -0.39 is 5.97 Å². The first-order valence-corrected chi connectivity index (χ1v) is 8.41. The van der Waals surface area contributed by atoms with E-state index in [1.54, 1.807) is 18.8 Å². The minimum atomic E-state index is -1.03. The van der Waals surface area contributed by atoms with Crippen LogP contribution in [0.1, 0.15) is 52.0 Å². The van der Waals surface area contributed by atoms with E-state index in [-0.39, 0.29) is 17.6 Å². The monoisotopic (exact) mass is 358 g/mol. The number of hydrogen-bond acceptors (Lipinski definition) is 6. The molecule has 0 aliphatic carbocycles. The third kappa shape index (κ3) is 3.12. The van der Waals surface area contributed by atoms with E-state index in [4.69, 9.17) is 0 Å². The second-order valence-electron chi connectivity index (χ2n) is 6.76. The SMILES string of the molecule is CC(C)n1nc(C(=O)O)c2c1CCN(c1ncc(C(=O)N(C)C)cn1)C2. The van der Waals surface area contributed by atoms with Gasteiger partial charge in [0.05, 0.1) is 12.1 Å². The molecule has 0 radical (unpaired) electrons. The first-order valence-electron chi connectivity index (χ1n) is 8.41. The molecule has 2 aromatic rings. The van der Waals surface area contributed by atoms with Crippen molar-refractivity contribution in [3.8, 4) is 0 Å². The smallest absolute Gasteiger partial charge is 0.356 e. The molecule has 1 N–H and O–H groups in total. The summed E-state index contributed by atoms with van der Waals surface area (Å²) < 4.78 is 1.79. The first-order chi connectivity index (χ1) is 12.3. The maximum absolute atomic E-state index is 11.9. The summed E-state index contributed by atoms with van der Waals surface area (Å²) in [5.74, 6) is -0.723. The van der Waals surface area contributed by atoms with Crippen LogP contribution in [-0.2, 0) is 13.0 Å². The molecule has 0 aromatic carbocycles. The topological polar surface area (TPSA) is 104 Å². The lowest BCUT2D eigenvalue weighted by molar-refractivity contribution is 0.0687. The zero-order valence-electron chi connectivity index (χ0n) is 15.3. The van der Waals surface area contributed by atoms with Gasteiger partial charge < -0.3 is 14.9 Å². The number of fused-ring (bicyclic) bond motifs is 1. The molecule has 0 saturated heterocycles. The van der Waals surface area contributed by atoms with Crippen molar-refractivity contribution >= 4 is 17.8 Å². The molecule has 3 rings (SSSR count). The molecule has 0 saturated carbocycles. The van der Waals surface area contributed by atoms with Gasteiger partial charge in [0, 0.05) is 56.8 Å². The largest absolute Gasteiger partial charge is 0.476 e. The zero-order valence-corrected chi connectivity index (χ0v) is 15.3. The number of aromatic carboxylic acids is 1. The van der Waals surface area contributed by atoms with Crippen molar-refractivity contribution < 1.29 is 14.7 Å². The Morgan fingerprint density at radius 1 is 1.23 bits per heavy atom. The average Bonchev–Trinajstić information content (AvgIpc) is 3.00. The third-order valence-corrected chi connectivity index (χ3v) is 4.35. The van der Waals surface area contributed by atoms with Crippen LogP contribution in [0.25, 0.3) is 0 Å². The predicted molar refractivity (Wildman–Crippen MR) is 94.4 cm³/mol. The highest BCUT2D eigenvalue weighted by molar-refractivity contribution is 5.93. The molecule has 1 aliphatic heterocycles. The Morgan fingerprint density at radius 2 is 1.88 bits per heavy atom. The fourth-order valence-electron chi connectivity index (χ4n) is 3.07. The van der Waals surface area contributed by atoms with Gasteiger partial charge in [-0.3, -0.25) is 9.48 Å². The van der Waals surface area contributed by atoms with E-state index >= 15 is 0 Å². The van der Waals surface area contributed by atoms with Crippen molar-refractivity contribution in [1.29, 1.82) is 0 Å². The van der Waals surface area contributed by atoms with E-state index in [9.17, 15) is 14.7 Å². The van der Waals surface area contributed by atoms with Crippen LogP contribution >= 0.6 is 0 Å². The van der Waals surface area contributed by atoms with Gasteiger partial charge in [-0.05, 0) is 13.8 Å². The van der Waals surface area contributed by atoms with Gasteiger partial charge in [-0.1, -0.05) is 0 Å². The van der Waals surface area contributed by atoms with Gasteiger partial charge in [0.15, 0.2) is 5.69 Å². The van der Waals surface area contributed by atoms with Gasteiger partial charge in [0.2, 0.25) is 5.95 Å². The molecule has 0 spiro atoms. The Balaban J connectivity index is 1.88. The van der Waals surface area contributed by atoms with Crippen LogP contribution in [0.5, 0.6) is 0 Å². The lowest BCUT2D eigenvalue weighted by Gasteiger charge is -2.28. The lowest BCUT2D eigenvalue weighted by atomic mass is 10.0. The molecule has 3 heterocycles. The Hall–Kier alpha value is -2.97. The standard InChI is InChI=1S/C17H22N6O3/c1-10(2)23-13-5-6-22(9-12(13)14(20-23)16(25)26)17-18-7-11(8-19-17)15(24)21(3)4/h7-8,10H,5-6,9H2,1-4H3,(H,25,26). The van der Waals surface area contributed by atoms with E-state index in [2.05, 4.69) is 15.1 Å². The summed E-state index contributed by atoms with van der Waals surface area (Å²) in [7, 11) is 3.34. The van der Waals surface area contributed by atoms with E-state index in [0.717, 1.165) is 5.69 Å². The molecule has 138 valence electrons. The van der Waals surface area contributed by atoms with E-state index in [0.29, 0.717) is 36.6 Å². The van der Waals surface area contributed by atoms with Gasteiger partial charge in [0.1, 0.15) is 0 Å². The van der Waals surface area contributed by atoms with Crippen molar-refractivity contribution in [2.24, 2.45) is 0 Å². The number of amides is 1. The summed E-state index contributed by atoms with van der Waals surface area (Å²) >= 11 is 0. The summed E-state index contributed by atoms with van der Waals surface area (Å²) in [6.07, 6.45) is 3.65. The molecular formula is C17H22N6O3. The number of anilines is 1. The second kappa shape index (κ2) is 6.74. The molecule has 26 heavy (non-hydrogen) atoms. The zero-order chi connectivity index (χ0) is 19.0. The van der Waals surface area contributed by atoms with Gasteiger partial charge in [-0.25, -0.2) is 14.8 Å². The maximum Gasteiger partial charge on any atom is 0.356 e. The second-order valence-corrected chi connectivity index (χ2v) is 6.76. The molecule has 1 amide bonds. The van der Waals surface area contributed by atoms with Crippen LogP contribution in [0.15, 0.2) is 12.4 Å². The first kappa shape index (κ1) is 17.8. The molecule has 9 heteroatoms. The number of carboxylic acids is 1. The molecule has 9 nitrogen and oxygen atoms in total. The Bertz CT molecular complexity index is 841. The molecule has 0 atom stereocenters. The number of nitrogens with zero attached hydrogens (tertiary/aromatic N) is 6. The highest BCUT2D eigenvalue weighted by Gasteiger charge is 2.29. The minimum absolute atomic E-state index is 0.0813. The molecule has 2 aromatic heterocycles. The molecule has 0 bridgehead atoms. The number of hydrogen-bond donors (Lipinski definition) is 1. The van der Waals surface area contributed by atoms with Gasteiger partial charge >= 0.3 is 5.97 Å². The fourth-order valence-corrected chi connectivity index (χ4v) is 3.07. The summed E-state index contributed by atoms with van der Waals surface area (Å²) in [5.41, 5.74) is 2.15. The van der Waals surface area contributed by atoms with Crippen LogP contribution in [0.3, 0.4) is 0 Å². The van der Waals surface area contributed by atoms with Crippen LogP contribution < -0.4 is 4.90 Å². The summed E-state index contributed by atoms with van der Waals surface area (Å²) in [6, 6.07) is 0.0935. The van der Waals surface area contributed by atoms with Crippen molar-refractivity contribution in [3.63, 3.8) is 0 Å². The molecule has 0 fully saturated rings. The van der Waals surface area contributed by atoms with Crippen LogP contribution in [0, 0.1) is 0 Å². The number of aromatic nitrogens is 4. The molecule has 0 unspecified atom stereocenters. The number of rotatable bonds is 4. The average molecular weight is 358 g/mol. The summed E-state index contributed by atoms with van der Waals surface area (Å²) in [4.78, 5) is 35.5. The lowest BCUT2D eigenvalue weighted by Crippen LogP contribution is -2.33. The maximum atomic E-state index is 11.9. The van der Waals surface area contributed by atoms with Gasteiger partial charge in [0.25, 0.3) is 5.91 Å². The van der Waals surface area contributed by atoms with E-state index in [1.807, 2.05) is 18.7 Å². The fraction of sp³-hybridized carbons (Fsp3) is 0.471. The van der Waals surface area contributed by atoms with Crippen molar-refractivity contribution in [2.75, 3.05) is 25.5 Å². The summed E-state index contributed by atoms with van der Waals surface area (Å²) in [6.45, 7) is 5.00. The third-order valence-electron chi connectivity index (χ3n) is 4.35. The van der Waals surface area contributed by atoms with Gasteiger partial charge in [-0.15, -0.1) is 0 Å². The summed E-state index contributed by atoms with van der Waals surface area (Å²) in [5, 5.41) is 13.7. The van der Waals surface area contributed by atoms with Crippen LogP contribution in [0.2, 0.25) is 0 Å². The number of carbonyl (C=O) groups is 2. The van der Waals surface area contributed by atoms with E-state index in [1.165, 1.54) is 17.3 Å². The van der Waals surface area contributed by atoms with Crippen molar-refractivity contribution in [1.82, 2.24) is 24.6 Å². The molecule has 1 aliphatic rings. The highest BCUT2D eigenvalue weighted by atomic mass is 16.4. The van der Waals surface area contributed by atoms with Gasteiger partial charge in [-0.2, -0.15) is 5.10 Å². The number of carboxylic acid groups (broad SMARTS) is 1. The predicted octanol–water partition coefficient (Wildman–Crippen LogP) is 1.22. The molecular weight excluding hydrogens is 336 g/mol. The van der Waals surface area contributed by atoms with Crippen molar-refractivity contribution in [3.05, 3.63) is 34.9 Å². The normalized spacial score (nSPS) is 13.7. The Labute approximate surface area is 151 Å². The van der Waals surface area contributed by atoms with Crippen LogP contribution in [0.4, 0.5) is 5.95 Å². The van der Waals surface area contributed by atoms with Crippen molar-refractivity contribution in [2.45, 2.75) is 32.9 Å². The highest BCUT2D eigenvalue weighted by Crippen LogP contribution is 2.27. The number of carbonyl (C=O) groups excluding carboxylic acids is 1.